The molecule has 0 aromatic carbocycles. The average molecular weight is 217 g/mol. The van der Waals surface area contributed by atoms with Crippen LogP contribution in [-0.2, 0) is 0 Å². The van der Waals surface area contributed by atoms with Crippen molar-refractivity contribution in [3.63, 3.8) is 0 Å². The van der Waals surface area contributed by atoms with Gasteiger partial charge in [-0.1, -0.05) is 0 Å². The van der Waals surface area contributed by atoms with Gasteiger partial charge in [-0.05, 0) is 18.6 Å². The van der Waals surface area contributed by atoms with Crippen LogP contribution in [0, 0.1) is 6.92 Å². The normalized spacial score (nSPS) is 10.5. The molecule has 0 aliphatic carbocycles. The van der Waals surface area contributed by atoms with E-state index in [9.17, 15) is 13.6 Å². The van der Waals surface area contributed by atoms with Gasteiger partial charge in [0.25, 0.3) is 6.43 Å². The third-order valence-corrected chi connectivity index (χ3v) is 1.85. The third-order valence-electron chi connectivity index (χ3n) is 1.85. The Balaban J connectivity index is 3.35. The number of carboxylic acid groups (broad SMARTS) is 1. The number of pyridine rings is 1. The van der Waals surface area contributed by atoms with Crippen LogP contribution in [0.3, 0.4) is 0 Å². The van der Waals surface area contributed by atoms with Crippen LogP contribution in [0.4, 0.5) is 8.78 Å². The molecular weight excluding hydrogens is 208 g/mol. The number of nitrogens with zero attached hydrogens (tertiary/aromatic N) is 1. The van der Waals surface area contributed by atoms with E-state index in [4.69, 9.17) is 5.11 Å². The van der Waals surface area contributed by atoms with Crippen LogP contribution in [0.5, 0.6) is 5.88 Å². The molecule has 0 unspecified atom stereocenters. The van der Waals surface area contributed by atoms with Crippen molar-refractivity contribution in [3.05, 3.63) is 22.9 Å². The number of carboxylic acids is 1. The lowest BCUT2D eigenvalue weighted by molar-refractivity contribution is 0.0691. The number of hydrogen-bond donors (Lipinski definition) is 1. The summed E-state index contributed by atoms with van der Waals surface area (Å²) in [6.07, 6.45) is -2.75. The molecule has 4 nitrogen and oxygen atoms in total. The van der Waals surface area contributed by atoms with E-state index in [0.717, 1.165) is 6.07 Å². The van der Waals surface area contributed by atoms with Crippen molar-refractivity contribution in [3.8, 4) is 5.88 Å². The summed E-state index contributed by atoms with van der Waals surface area (Å²) in [5.74, 6) is -1.56. The Bertz CT molecular complexity index is 393. The summed E-state index contributed by atoms with van der Waals surface area (Å²) in [7, 11) is 1.18. The minimum atomic E-state index is -2.75. The summed E-state index contributed by atoms with van der Waals surface area (Å²) >= 11 is 0. The Morgan fingerprint density at radius 1 is 1.60 bits per heavy atom. The van der Waals surface area contributed by atoms with E-state index in [1.807, 2.05) is 0 Å². The lowest BCUT2D eigenvalue weighted by Crippen LogP contribution is -2.06. The first-order valence-electron chi connectivity index (χ1n) is 4.04. The maximum Gasteiger partial charge on any atom is 0.341 e. The highest BCUT2D eigenvalue weighted by molar-refractivity contribution is 5.90. The standard InChI is InChI=1S/C9H9F2NO3/c1-4-3-5(9(13)14)8(15-2)12-6(4)7(10)11/h3,7H,1-2H3,(H,13,14). The van der Waals surface area contributed by atoms with E-state index in [1.165, 1.54) is 14.0 Å². The topological polar surface area (TPSA) is 59.4 Å². The first kappa shape index (κ1) is 11.4. The summed E-state index contributed by atoms with van der Waals surface area (Å²) in [6, 6.07) is 1.12. The van der Waals surface area contributed by atoms with Crippen molar-refractivity contribution in [2.24, 2.45) is 0 Å². The number of aromatic nitrogens is 1. The molecular formula is C9H9F2NO3. The fraction of sp³-hybridized carbons (Fsp3) is 0.333. The second-order valence-corrected chi connectivity index (χ2v) is 2.85. The lowest BCUT2D eigenvalue weighted by Gasteiger charge is -2.09. The van der Waals surface area contributed by atoms with Gasteiger partial charge in [-0.3, -0.25) is 0 Å². The quantitative estimate of drug-likeness (QED) is 0.841. The largest absolute Gasteiger partial charge is 0.480 e. The van der Waals surface area contributed by atoms with Crippen LogP contribution in [0.15, 0.2) is 6.07 Å². The molecule has 0 saturated carbocycles. The molecule has 1 aromatic rings. The highest BCUT2D eigenvalue weighted by atomic mass is 19.3. The van der Waals surface area contributed by atoms with Crippen molar-refractivity contribution in [1.29, 1.82) is 0 Å². The summed E-state index contributed by atoms with van der Waals surface area (Å²) in [5, 5.41) is 8.74. The Morgan fingerprint density at radius 3 is 2.60 bits per heavy atom. The second kappa shape index (κ2) is 4.20. The average Bonchev–Trinajstić information content (AvgIpc) is 2.16. The van der Waals surface area contributed by atoms with Crippen molar-refractivity contribution in [1.82, 2.24) is 4.98 Å². The summed E-state index contributed by atoms with van der Waals surface area (Å²) in [6.45, 7) is 1.38. The number of aryl methyl sites for hydroxylation is 1. The van der Waals surface area contributed by atoms with Crippen LogP contribution in [0.1, 0.15) is 28.0 Å². The first-order chi connectivity index (χ1) is 6.97. The van der Waals surface area contributed by atoms with Crippen LogP contribution in [0.2, 0.25) is 0 Å². The molecule has 0 bridgehead atoms. The van der Waals surface area contributed by atoms with Gasteiger partial charge in [0, 0.05) is 0 Å². The number of alkyl halides is 2. The zero-order valence-electron chi connectivity index (χ0n) is 8.12. The molecule has 0 radical (unpaired) electrons. The van der Waals surface area contributed by atoms with E-state index < -0.39 is 18.1 Å². The van der Waals surface area contributed by atoms with Crippen LogP contribution < -0.4 is 4.74 Å². The molecule has 6 heteroatoms. The van der Waals surface area contributed by atoms with Crippen LogP contribution in [0.25, 0.3) is 0 Å². The molecule has 0 amide bonds. The number of methoxy groups -OCH3 is 1. The highest BCUT2D eigenvalue weighted by Crippen LogP contribution is 2.26. The van der Waals surface area contributed by atoms with E-state index in [1.54, 1.807) is 0 Å². The minimum absolute atomic E-state index is 0.128. The van der Waals surface area contributed by atoms with Crippen LogP contribution in [-0.4, -0.2) is 23.2 Å². The van der Waals surface area contributed by atoms with Gasteiger partial charge in [0.15, 0.2) is 0 Å². The number of rotatable bonds is 3. The van der Waals surface area contributed by atoms with E-state index in [2.05, 4.69) is 9.72 Å². The van der Waals surface area contributed by atoms with Crippen molar-refractivity contribution in [2.45, 2.75) is 13.3 Å². The van der Waals surface area contributed by atoms with Gasteiger partial charge < -0.3 is 9.84 Å². The summed E-state index contributed by atoms with van der Waals surface area (Å²) in [5.41, 5.74) is -0.556. The summed E-state index contributed by atoms with van der Waals surface area (Å²) in [4.78, 5) is 14.2. The Kier molecular flexibility index (Phi) is 3.18. The SMILES string of the molecule is COc1nc(C(F)F)c(C)cc1C(=O)O. The predicted molar refractivity (Wildman–Crippen MR) is 47.4 cm³/mol. The molecule has 0 aliphatic heterocycles. The molecule has 1 heterocycles. The van der Waals surface area contributed by atoms with E-state index >= 15 is 0 Å². The van der Waals surface area contributed by atoms with Crippen molar-refractivity contribution >= 4 is 5.97 Å². The minimum Gasteiger partial charge on any atom is -0.480 e. The lowest BCUT2D eigenvalue weighted by atomic mass is 10.1. The molecule has 0 aliphatic rings. The second-order valence-electron chi connectivity index (χ2n) is 2.85. The first-order valence-corrected chi connectivity index (χ1v) is 4.04. The third kappa shape index (κ3) is 2.20. The van der Waals surface area contributed by atoms with Gasteiger partial charge in [-0.25, -0.2) is 18.6 Å². The molecule has 15 heavy (non-hydrogen) atoms. The maximum atomic E-state index is 12.4. The smallest absolute Gasteiger partial charge is 0.341 e. The number of halogens is 2. The van der Waals surface area contributed by atoms with E-state index in [0.29, 0.717) is 0 Å². The number of ether oxygens (including phenoxy) is 1. The molecule has 1 N–H and O–H groups in total. The van der Waals surface area contributed by atoms with Gasteiger partial charge in [0.1, 0.15) is 11.3 Å². The number of hydrogen-bond acceptors (Lipinski definition) is 3. The predicted octanol–water partition coefficient (Wildman–Crippen LogP) is 2.03. The Labute approximate surface area is 84.5 Å². The van der Waals surface area contributed by atoms with Crippen molar-refractivity contribution in [2.75, 3.05) is 7.11 Å². The van der Waals surface area contributed by atoms with Crippen LogP contribution >= 0.6 is 0 Å². The zero-order chi connectivity index (χ0) is 11.6. The molecule has 82 valence electrons. The number of aromatic carboxylic acids is 1. The molecule has 1 aromatic heterocycles. The molecule has 0 spiro atoms. The Morgan fingerprint density at radius 2 is 2.20 bits per heavy atom. The van der Waals surface area contributed by atoms with E-state index in [-0.39, 0.29) is 17.0 Å². The maximum absolute atomic E-state index is 12.4. The van der Waals surface area contributed by atoms with Gasteiger partial charge in [-0.15, -0.1) is 0 Å². The summed E-state index contributed by atoms with van der Waals surface area (Å²) < 4.78 is 29.5. The number of carbonyl (C=O) groups is 1. The van der Waals surface area contributed by atoms with Gasteiger partial charge in [-0.2, -0.15) is 0 Å². The molecule has 1 rings (SSSR count). The zero-order valence-corrected chi connectivity index (χ0v) is 8.12. The van der Waals surface area contributed by atoms with Gasteiger partial charge >= 0.3 is 5.97 Å². The monoisotopic (exact) mass is 217 g/mol. The molecule has 0 atom stereocenters. The highest BCUT2D eigenvalue weighted by Gasteiger charge is 2.20. The Hall–Kier alpha value is -1.72. The molecule has 0 fully saturated rings. The fourth-order valence-corrected chi connectivity index (χ4v) is 1.14. The van der Waals surface area contributed by atoms with Gasteiger partial charge in [0.05, 0.1) is 7.11 Å². The van der Waals surface area contributed by atoms with Gasteiger partial charge in [0.2, 0.25) is 5.88 Å². The molecule has 0 saturated heterocycles. The van der Waals surface area contributed by atoms with Crippen molar-refractivity contribution < 1.29 is 23.4 Å². The fourth-order valence-electron chi connectivity index (χ4n) is 1.14.